The molecule has 0 heterocycles. The summed E-state index contributed by atoms with van der Waals surface area (Å²) in [7, 11) is 1.67. The van der Waals surface area contributed by atoms with Crippen LogP contribution in [-0.2, 0) is 4.74 Å². The van der Waals surface area contributed by atoms with Crippen LogP contribution in [0.2, 0.25) is 5.02 Å². The van der Waals surface area contributed by atoms with E-state index in [-0.39, 0.29) is 12.1 Å². The highest BCUT2D eigenvalue weighted by Gasteiger charge is 2.23. The lowest BCUT2D eigenvalue weighted by molar-refractivity contribution is 0.0676. The molecular formula is C15H17ClN2O. The fraction of sp³-hybridized carbons (Fsp3) is 0.200. The van der Waals surface area contributed by atoms with Crippen LogP contribution in [0.25, 0.3) is 0 Å². The lowest BCUT2D eigenvalue weighted by Crippen LogP contribution is -2.33. The van der Waals surface area contributed by atoms with E-state index in [0.717, 1.165) is 11.1 Å². The van der Waals surface area contributed by atoms with Gasteiger partial charge in [0.2, 0.25) is 0 Å². The molecule has 2 unspecified atom stereocenters. The summed E-state index contributed by atoms with van der Waals surface area (Å²) in [6.07, 6.45) is -0.176. The summed E-state index contributed by atoms with van der Waals surface area (Å²) in [5.74, 6) is 5.70. The van der Waals surface area contributed by atoms with E-state index >= 15 is 0 Å². The summed E-state index contributed by atoms with van der Waals surface area (Å²) in [5, 5.41) is 0.681. The molecule has 4 heteroatoms. The van der Waals surface area contributed by atoms with Crippen molar-refractivity contribution in [3.05, 3.63) is 70.7 Å². The highest BCUT2D eigenvalue weighted by molar-refractivity contribution is 6.30. The smallest absolute Gasteiger partial charge is 0.103 e. The second-order valence-corrected chi connectivity index (χ2v) is 4.70. The molecule has 0 fully saturated rings. The molecule has 0 saturated carbocycles. The van der Waals surface area contributed by atoms with Gasteiger partial charge < -0.3 is 4.74 Å². The van der Waals surface area contributed by atoms with Crippen molar-refractivity contribution in [2.45, 2.75) is 12.1 Å². The molecular weight excluding hydrogens is 260 g/mol. The van der Waals surface area contributed by atoms with Gasteiger partial charge in [-0.2, -0.15) is 0 Å². The average Bonchev–Trinajstić information content (AvgIpc) is 2.45. The molecule has 3 nitrogen and oxygen atoms in total. The largest absolute Gasteiger partial charge is 0.375 e. The van der Waals surface area contributed by atoms with Gasteiger partial charge in [0.15, 0.2) is 0 Å². The van der Waals surface area contributed by atoms with E-state index in [1.165, 1.54) is 0 Å². The molecule has 0 aliphatic heterocycles. The third kappa shape index (κ3) is 3.33. The van der Waals surface area contributed by atoms with Crippen LogP contribution in [0.3, 0.4) is 0 Å². The Kier molecular flexibility index (Phi) is 4.93. The number of methoxy groups -OCH3 is 1. The van der Waals surface area contributed by atoms with Gasteiger partial charge in [-0.1, -0.05) is 54.1 Å². The normalized spacial score (nSPS) is 14.1. The molecule has 0 spiro atoms. The molecule has 0 aliphatic rings. The van der Waals surface area contributed by atoms with Crippen molar-refractivity contribution < 1.29 is 4.74 Å². The second kappa shape index (κ2) is 6.68. The van der Waals surface area contributed by atoms with Gasteiger partial charge in [0.25, 0.3) is 0 Å². The van der Waals surface area contributed by atoms with Crippen LogP contribution in [0.4, 0.5) is 0 Å². The van der Waals surface area contributed by atoms with E-state index in [2.05, 4.69) is 5.43 Å². The van der Waals surface area contributed by atoms with E-state index in [1.54, 1.807) is 7.11 Å². The van der Waals surface area contributed by atoms with Crippen molar-refractivity contribution in [1.82, 2.24) is 5.43 Å². The molecule has 0 saturated heterocycles. The Balaban J connectivity index is 2.34. The Labute approximate surface area is 118 Å². The van der Waals surface area contributed by atoms with Crippen molar-refractivity contribution in [1.29, 1.82) is 0 Å². The first kappa shape index (κ1) is 14.0. The maximum absolute atomic E-state index is 6.03. The SMILES string of the molecule is COC(c1ccccc1)C(NN)c1cccc(Cl)c1. The van der Waals surface area contributed by atoms with E-state index in [9.17, 15) is 0 Å². The maximum Gasteiger partial charge on any atom is 0.103 e. The number of hydrogen-bond acceptors (Lipinski definition) is 3. The minimum Gasteiger partial charge on any atom is -0.375 e. The van der Waals surface area contributed by atoms with Gasteiger partial charge in [0.05, 0.1) is 6.04 Å². The first-order chi connectivity index (χ1) is 9.26. The zero-order valence-electron chi connectivity index (χ0n) is 10.7. The molecule has 2 aromatic rings. The van der Waals surface area contributed by atoms with E-state index in [1.807, 2.05) is 54.6 Å². The maximum atomic E-state index is 6.03. The monoisotopic (exact) mass is 276 g/mol. The van der Waals surface area contributed by atoms with Gasteiger partial charge in [0.1, 0.15) is 6.10 Å². The van der Waals surface area contributed by atoms with Crippen LogP contribution < -0.4 is 11.3 Å². The minimum atomic E-state index is -0.176. The Hall–Kier alpha value is -1.39. The van der Waals surface area contributed by atoms with Crippen molar-refractivity contribution in [2.75, 3.05) is 7.11 Å². The van der Waals surface area contributed by atoms with Gasteiger partial charge >= 0.3 is 0 Å². The topological polar surface area (TPSA) is 47.3 Å². The van der Waals surface area contributed by atoms with Crippen molar-refractivity contribution >= 4 is 11.6 Å². The minimum absolute atomic E-state index is 0.161. The lowest BCUT2D eigenvalue weighted by atomic mass is 9.96. The van der Waals surface area contributed by atoms with Crippen LogP contribution in [0.1, 0.15) is 23.3 Å². The van der Waals surface area contributed by atoms with Crippen LogP contribution in [0.5, 0.6) is 0 Å². The zero-order chi connectivity index (χ0) is 13.7. The Morgan fingerprint density at radius 3 is 2.32 bits per heavy atom. The molecule has 0 aliphatic carbocycles. The second-order valence-electron chi connectivity index (χ2n) is 4.27. The van der Waals surface area contributed by atoms with E-state index < -0.39 is 0 Å². The Bertz CT molecular complexity index is 519. The first-order valence-corrected chi connectivity index (χ1v) is 6.43. The molecule has 2 aromatic carbocycles. The quantitative estimate of drug-likeness (QED) is 0.651. The summed E-state index contributed by atoms with van der Waals surface area (Å²) in [5.41, 5.74) is 4.87. The highest BCUT2D eigenvalue weighted by atomic mass is 35.5. The fourth-order valence-electron chi connectivity index (χ4n) is 2.17. The number of rotatable bonds is 5. The molecule has 0 aromatic heterocycles. The number of benzene rings is 2. The third-order valence-electron chi connectivity index (χ3n) is 3.07. The molecule has 2 rings (SSSR count). The number of ether oxygens (including phenoxy) is 1. The molecule has 0 amide bonds. The van der Waals surface area contributed by atoms with Gasteiger partial charge in [-0.05, 0) is 23.3 Å². The number of nitrogens with two attached hydrogens (primary N) is 1. The summed E-state index contributed by atoms with van der Waals surface area (Å²) in [6, 6.07) is 17.4. The van der Waals surface area contributed by atoms with Crippen molar-refractivity contribution in [2.24, 2.45) is 5.84 Å². The van der Waals surface area contributed by atoms with Gasteiger partial charge in [-0.15, -0.1) is 0 Å². The highest BCUT2D eigenvalue weighted by Crippen LogP contribution is 2.31. The molecule has 0 bridgehead atoms. The number of nitrogens with one attached hydrogen (secondary N) is 1. The number of hydrogen-bond donors (Lipinski definition) is 2. The Morgan fingerprint density at radius 1 is 1.05 bits per heavy atom. The number of hydrazine groups is 1. The van der Waals surface area contributed by atoms with Crippen molar-refractivity contribution in [3.63, 3.8) is 0 Å². The van der Waals surface area contributed by atoms with Crippen LogP contribution >= 0.6 is 11.6 Å². The molecule has 2 atom stereocenters. The summed E-state index contributed by atoms with van der Waals surface area (Å²) in [6.45, 7) is 0. The first-order valence-electron chi connectivity index (χ1n) is 6.05. The summed E-state index contributed by atoms with van der Waals surface area (Å²) < 4.78 is 5.60. The lowest BCUT2D eigenvalue weighted by Gasteiger charge is -2.26. The van der Waals surface area contributed by atoms with Crippen LogP contribution in [-0.4, -0.2) is 7.11 Å². The van der Waals surface area contributed by atoms with Gasteiger partial charge in [-0.3, -0.25) is 11.3 Å². The van der Waals surface area contributed by atoms with Crippen molar-refractivity contribution in [3.8, 4) is 0 Å². The third-order valence-corrected chi connectivity index (χ3v) is 3.31. The van der Waals surface area contributed by atoms with Crippen LogP contribution in [0, 0.1) is 0 Å². The summed E-state index contributed by atoms with van der Waals surface area (Å²) >= 11 is 6.03. The molecule has 3 N–H and O–H groups in total. The molecule has 100 valence electrons. The van der Waals surface area contributed by atoms with Gasteiger partial charge in [0, 0.05) is 12.1 Å². The molecule has 19 heavy (non-hydrogen) atoms. The van der Waals surface area contributed by atoms with Gasteiger partial charge in [-0.25, -0.2) is 0 Å². The average molecular weight is 277 g/mol. The molecule has 0 radical (unpaired) electrons. The predicted octanol–water partition coefficient (Wildman–Crippen LogP) is 3.23. The zero-order valence-corrected chi connectivity index (χ0v) is 11.5. The van der Waals surface area contributed by atoms with E-state index in [0.29, 0.717) is 5.02 Å². The van der Waals surface area contributed by atoms with E-state index in [4.69, 9.17) is 22.2 Å². The fourth-order valence-corrected chi connectivity index (χ4v) is 2.36. The Morgan fingerprint density at radius 2 is 1.74 bits per heavy atom. The summed E-state index contributed by atoms with van der Waals surface area (Å²) in [4.78, 5) is 0. The predicted molar refractivity (Wildman–Crippen MR) is 77.7 cm³/mol. The van der Waals surface area contributed by atoms with Crippen LogP contribution in [0.15, 0.2) is 54.6 Å². The standard InChI is InChI=1S/C15H17ClN2O/c1-19-15(11-6-3-2-4-7-11)14(18-17)12-8-5-9-13(16)10-12/h2-10,14-15,18H,17H2,1H3. The number of halogens is 1.